The number of hydrogen-bond acceptors (Lipinski definition) is 5. The summed E-state index contributed by atoms with van der Waals surface area (Å²) in [5.74, 6) is -2.37. The third-order valence-electron chi connectivity index (χ3n) is 4.25. The number of carbonyl (C=O) groups is 2. The molecule has 31 heavy (non-hydrogen) atoms. The molecular weight excluding hydrogens is 418 g/mol. The van der Waals surface area contributed by atoms with Crippen molar-refractivity contribution in [1.29, 1.82) is 0 Å². The third-order valence-corrected chi connectivity index (χ3v) is 4.58. The number of nitrogens with zero attached hydrogens (tertiary/aromatic N) is 2. The normalized spacial score (nSPS) is 11.8. The fourth-order valence-electron chi connectivity index (χ4n) is 2.70. The van der Waals surface area contributed by atoms with Crippen molar-refractivity contribution in [2.45, 2.75) is 6.92 Å². The lowest BCUT2D eigenvalue weighted by Gasteiger charge is -2.10. The van der Waals surface area contributed by atoms with E-state index in [0.29, 0.717) is 16.3 Å². The van der Waals surface area contributed by atoms with E-state index in [9.17, 15) is 19.8 Å². The van der Waals surface area contributed by atoms with Crippen molar-refractivity contribution in [1.82, 2.24) is 0 Å². The highest BCUT2D eigenvalue weighted by molar-refractivity contribution is 6.34. The van der Waals surface area contributed by atoms with E-state index in [1.54, 1.807) is 60.7 Å². The highest BCUT2D eigenvalue weighted by atomic mass is 35.5. The first kappa shape index (κ1) is 21.7. The van der Waals surface area contributed by atoms with Gasteiger partial charge in [0.1, 0.15) is 5.69 Å². The Morgan fingerprint density at radius 3 is 2.32 bits per heavy atom. The van der Waals surface area contributed by atoms with Gasteiger partial charge in [-0.3, -0.25) is 4.79 Å². The largest absolute Gasteiger partial charge is 0.505 e. The number of benzene rings is 3. The van der Waals surface area contributed by atoms with Crippen LogP contribution in [0.1, 0.15) is 21.5 Å². The monoisotopic (exact) mass is 435 g/mol. The summed E-state index contributed by atoms with van der Waals surface area (Å²) in [6, 6.07) is 19.4. The van der Waals surface area contributed by atoms with Crippen LogP contribution in [0.15, 0.2) is 88.7 Å². The van der Waals surface area contributed by atoms with E-state index in [-0.39, 0.29) is 11.3 Å². The summed E-state index contributed by atoms with van der Waals surface area (Å²) in [7, 11) is 0. The standard InChI is InChI=1S/C23H18ClN3O4/c1-14-11-12-17(24)19(13-14)25-22(29)20(21(28)15-7-3-2-4-8-15)27-26-18-10-6-5-9-16(18)23(30)31/h2-13,28H,1H3,(H,25,29)(H,30,31). The lowest BCUT2D eigenvalue weighted by atomic mass is 10.1. The summed E-state index contributed by atoms with van der Waals surface area (Å²) in [6.07, 6.45) is 0. The van der Waals surface area contributed by atoms with Crippen LogP contribution in [0.25, 0.3) is 5.76 Å². The molecule has 0 aliphatic heterocycles. The Balaban J connectivity index is 2.05. The zero-order valence-corrected chi connectivity index (χ0v) is 17.2. The zero-order valence-electron chi connectivity index (χ0n) is 16.4. The van der Waals surface area contributed by atoms with Crippen LogP contribution >= 0.6 is 11.6 Å². The van der Waals surface area contributed by atoms with Gasteiger partial charge in [0.05, 0.1) is 16.3 Å². The Kier molecular flexibility index (Phi) is 6.79. The Morgan fingerprint density at radius 1 is 0.935 bits per heavy atom. The molecule has 156 valence electrons. The fraction of sp³-hybridized carbons (Fsp3) is 0.0435. The molecule has 0 aliphatic rings. The smallest absolute Gasteiger partial charge is 0.337 e. The van der Waals surface area contributed by atoms with Gasteiger partial charge in [-0.15, -0.1) is 10.2 Å². The molecule has 0 atom stereocenters. The molecule has 0 heterocycles. The first-order valence-corrected chi connectivity index (χ1v) is 9.55. The molecule has 0 spiro atoms. The Morgan fingerprint density at radius 2 is 1.61 bits per heavy atom. The van der Waals surface area contributed by atoms with Crippen molar-refractivity contribution in [2.75, 3.05) is 5.32 Å². The molecule has 8 heteroatoms. The van der Waals surface area contributed by atoms with Crippen molar-refractivity contribution in [3.63, 3.8) is 0 Å². The summed E-state index contributed by atoms with van der Waals surface area (Å²) < 4.78 is 0. The van der Waals surface area contributed by atoms with E-state index in [2.05, 4.69) is 15.5 Å². The molecule has 0 aromatic heterocycles. The highest BCUT2D eigenvalue weighted by Crippen LogP contribution is 2.26. The number of anilines is 1. The number of carboxylic acids is 1. The molecule has 0 unspecified atom stereocenters. The van der Waals surface area contributed by atoms with Crippen LogP contribution in [0.4, 0.5) is 11.4 Å². The zero-order chi connectivity index (χ0) is 22.4. The molecule has 3 aromatic carbocycles. The van der Waals surface area contributed by atoms with Gasteiger partial charge in [-0.1, -0.05) is 60.1 Å². The minimum Gasteiger partial charge on any atom is -0.505 e. The van der Waals surface area contributed by atoms with Gasteiger partial charge in [0, 0.05) is 5.56 Å². The SMILES string of the molecule is Cc1ccc(Cl)c(NC(=O)C(N=Nc2ccccc2C(=O)O)=C(O)c2ccccc2)c1. The molecule has 7 nitrogen and oxygen atoms in total. The summed E-state index contributed by atoms with van der Waals surface area (Å²) in [5, 5.41) is 30.8. The first-order chi connectivity index (χ1) is 14.9. The maximum atomic E-state index is 13.0. The number of carboxylic acid groups (broad SMARTS) is 1. The van der Waals surface area contributed by atoms with E-state index in [1.807, 2.05) is 6.92 Å². The van der Waals surface area contributed by atoms with Gasteiger partial charge >= 0.3 is 5.97 Å². The molecule has 0 aliphatic carbocycles. The van der Waals surface area contributed by atoms with E-state index in [0.717, 1.165) is 5.56 Å². The van der Waals surface area contributed by atoms with E-state index >= 15 is 0 Å². The number of rotatable bonds is 6. The number of azo groups is 1. The number of hydrogen-bond donors (Lipinski definition) is 3. The molecule has 3 rings (SSSR count). The molecule has 0 saturated heterocycles. The van der Waals surface area contributed by atoms with Crippen molar-refractivity contribution >= 4 is 40.6 Å². The number of halogens is 1. The van der Waals surface area contributed by atoms with Crippen molar-refractivity contribution < 1.29 is 19.8 Å². The third kappa shape index (κ3) is 5.34. The fourth-order valence-corrected chi connectivity index (χ4v) is 2.86. The summed E-state index contributed by atoms with van der Waals surface area (Å²) in [6.45, 7) is 1.84. The van der Waals surface area contributed by atoms with Crippen LogP contribution in [0, 0.1) is 6.92 Å². The Labute approximate surface area is 183 Å². The number of aliphatic hydroxyl groups is 1. The minimum atomic E-state index is -1.19. The average molecular weight is 436 g/mol. The quantitative estimate of drug-likeness (QED) is 0.250. The number of aromatic carboxylic acids is 1. The second-order valence-electron chi connectivity index (χ2n) is 6.52. The molecule has 1 amide bonds. The van der Waals surface area contributed by atoms with Crippen molar-refractivity contribution in [3.05, 3.63) is 100 Å². The van der Waals surface area contributed by atoms with Gasteiger partial charge in [-0.05, 0) is 36.8 Å². The Hall–Kier alpha value is -3.97. The molecule has 3 aromatic rings. The van der Waals surface area contributed by atoms with E-state index in [1.165, 1.54) is 12.1 Å². The van der Waals surface area contributed by atoms with Crippen LogP contribution in [0.2, 0.25) is 5.02 Å². The maximum Gasteiger partial charge on any atom is 0.337 e. The summed E-state index contributed by atoms with van der Waals surface area (Å²) in [5.41, 5.74) is 1.10. The molecule has 0 radical (unpaired) electrons. The lowest BCUT2D eigenvalue weighted by molar-refractivity contribution is -0.112. The molecule has 0 fully saturated rings. The Bertz CT molecular complexity index is 1190. The number of carbonyl (C=O) groups excluding carboxylic acids is 1. The van der Waals surface area contributed by atoms with E-state index < -0.39 is 23.3 Å². The van der Waals surface area contributed by atoms with Gasteiger partial charge in [-0.25, -0.2) is 4.79 Å². The van der Waals surface area contributed by atoms with Gasteiger partial charge in [0.2, 0.25) is 0 Å². The van der Waals surface area contributed by atoms with Crippen LogP contribution in [0.3, 0.4) is 0 Å². The highest BCUT2D eigenvalue weighted by Gasteiger charge is 2.19. The van der Waals surface area contributed by atoms with E-state index in [4.69, 9.17) is 11.6 Å². The second-order valence-corrected chi connectivity index (χ2v) is 6.93. The first-order valence-electron chi connectivity index (χ1n) is 9.17. The number of aryl methyl sites for hydroxylation is 1. The van der Waals surface area contributed by atoms with Gasteiger partial charge in [0.25, 0.3) is 5.91 Å². The van der Waals surface area contributed by atoms with Crippen molar-refractivity contribution in [2.24, 2.45) is 10.2 Å². The number of amides is 1. The predicted octanol–water partition coefficient (Wildman–Crippen LogP) is 6.00. The molecule has 0 bridgehead atoms. The maximum absolute atomic E-state index is 13.0. The van der Waals surface area contributed by atoms with Crippen LogP contribution in [0.5, 0.6) is 0 Å². The molecule has 0 saturated carbocycles. The summed E-state index contributed by atoms with van der Waals surface area (Å²) in [4.78, 5) is 24.4. The minimum absolute atomic E-state index is 0.0368. The van der Waals surface area contributed by atoms with Crippen LogP contribution in [-0.2, 0) is 4.79 Å². The molecular formula is C23H18ClN3O4. The van der Waals surface area contributed by atoms with Gasteiger partial charge in [0.15, 0.2) is 11.5 Å². The molecule has 3 N–H and O–H groups in total. The van der Waals surface area contributed by atoms with Crippen LogP contribution in [-0.4, -0.2) is 22.1 Å². The van der Waals surface area contributed by atoms with Crippen molar-refractivity contribution in [3.8, 4) is 0 Å². The summed E-state index contributed by atoms with van der Waals surface area (Å²) >= 11 is 6.16. The number of aliphatic hydroxyl groups excluding tert-OH is 1. The second kappa shape index (κ2) is 9.69. The average Bonchev–Trinajstić information content (AvgIpc) is 2.77. The van der Waals surface area contributed by atoms with Gasteiger partial charge < -0.3 is 15.5 Å². The topological polar surface area (TPSA) is 111 Å². The predicted molar refractivity (Wildman–Crippen MR) is 119 cm³/mol. The van der Waals surface area contributed by atoms with Gasteiger partial charge in [-0.2, -0.15) is 0 Å². The lowest BCUT2D eigenvalue weighted by Crippen LogP contribution is -2.15. The number of nitrogens with one attached hydrogen (secondary N) is 1. The van der Waals surface area contributed by atoms with Crippen LogP contribution < -0.4 is 5.32 Å².